The van der Waals surface area contributed by atoms with Gasteiger partial charge in [-0.25, -0.2) is 24.5 Å². The minimum Gasteiger partial charge on any atom is -0.477 e. The highest BCUT2D eigenvalue weighted by atomic mass is 79.9. The van der Waals surface area contributed by atoms with Crippen LogP contribution in [0.15, 0.2) is 59.2 Å². The van der Waals surface area contributed by atoms with Gasteiger partial charge in [0.1, 0.15) is 16.0 Å². The molecular formula is C30H34BrN3O7. The molecule has 41 heavy (non-hydrogen) atoms. The summed E-state index contributed by atoms with van der Waals surface area (Å²) >= 11 is 3.36. The zero-order valence-electron chi connectivity index (χ0n) is 22.9. The van der Waals surface area contributed by atoms with Crippen molar-refractivity contribution >= 4 is 27.9 Å². The summed E-state index contributed by atoms with van der Waals surface area (Å²) in [4.78, 5) is 34.7. The van der Waals surface area contributed by atoms with Gasteiger partial charge in [0.05, 0.1) is 26.9 Å². The Morgan fingerprint density at radius 1 is 0.732 bits per heavy atom. The molecule has 10 nitrogen and oxygen atoms in total. The van der Waals surface area contributed by atoms with E-state index >= 15 is 0 Å². The van der Waals surface area contributed by atoms with Crippen molar-refractivity contribution in [2.45, 2.75) is 37.0 Å². The Labute approximate surface area is 247 Å². The van der Waals surface area contributed by atoms with Crippen LogP contribution in [0.25, 0.3) is 0 Å². The first-order chi connectivity index (χ1) is 19.9. The standard InChI is InChI=1S/C11H13NO3.C10H11NO3.C9H10BrNO/c1-14-11(13)10-4-2-3-9(12-10)8-5-6-15-7-8;12-10(13)9-3-1-2-8(11-9)7-4-5-14-6-7;10-9-3-1-2-8(11-9)7-4-5-12-6-7/h2-4,8H,5-7H2,1H3;1-3,7H,4-6H2,(H,12,13);1-3,7H,4-6H2. The van der Waals surface area contributed by atoms with Crippen LogP contribution in [0.2, 0.25) is 0 Å². The largest absolute Gasteiger partial charge is 0.477 e. The maximum atomic E-state index is 11.3. The predicted molar refractivity (Wildman–Crippen MR) is 153 cm³/mol. The molecule has 6 rings (SSSR count). The molecular weight excluding hydrogens is 594 g/mol. The molecule has 11 heteroatoms. The highest BCUT2D eigenvalue weighted by Crippen LogP contribution is 2.25. The lowest BCUT2D eigenvalue weighted by Crippen LogP contribution is -2.08. The van der Waals surface area contributed by atoms with Crippen molar-refractivity contribution in [3.05, 3.63) is 87.7 Å². The number of hydrogen-bond donors (Lipinski definition) is 1. The van der Waals surface area contributed by atoms with E-state index in [4.69, 9.17) is 19.3 Å². The number of ether oxygens (including phenoxy) is 4. The summed E-state index contributed by atoms with van der Waals surface area (Å²) in [5.41, 5.74) is 3.34. The summed E-state index contributed by atoms with van der Waals surface area (Å²) in [6.45, 7) is 4.55. The van der Waals surface area contributed by atoms with Crippen LogP contribution in [-0.2, 0) is 18.9 Å². The van der Waals surface area contributed by atoms with E-state index in [0.29, 0.717) is 30.7 Å². The Hall–Kier alpha value is -3.25. The summed E-state index contributed by atoms with van der Waals surface area (Å²) in [5.74, 6) is -0.298. The molecule has 6 heterocycles. The lowest BCUT2D eigenvalue weighted by Gasteiger charge is -2.07. The summed E-state index contributed by atoms with van der Waals surface area (Å²) < 4.78 is 21.3. The van der Waals surface area contributed by atoms with E-state index in [1.807, 2.05) is 30.3 Å². The Morgan fingerprint density at radius 3 is 1.59 bits per heavy atom. The molecule has 0 radical (unpaired) electrons. The highest BCUT2D eigenvalue weighted by molar-refractivity contribution is 9.10. The Kier molecular flexibility index (Phi) is 11.7. The molecule has 3 saturated heterocycles. The normalized spacial score (nSPS) is 21.3. The molecule has 3 aliphatic rings. The number of carboxylic acid groups (broad SMARTS) is 1. The fraction of sp³-hybridized carbons (Fsp3) is 0.433. The lowest BCUT2D eigenvalue weighted by molar-refractivity contribution is 0.0592. The molecule has 218 valence electrons. The molecule has 3 unspecified atom stereocenters. The molecule has 1 N–H and O–H groups in total. The van der Waals surface area contributed by atoms with Crippen LogP contribution in [0.5, 0.6) is 0 Å². The second-order valence-electron chi connectivity index (χ2n) is 9.76. The number of halogens is 1. The number of carboxylic acids is 1. The molecule has 3 aliphatic heterocycles. The summed E-state index contributed by atoms with van der Waals surface area (Å²) in [6.07, 6.45) is 3.00. The second kappa shape index (κ2) is 15.7. The van der Waals surface area contributed by atoms with Gasteiger partial charge in [-0.15, -0.1) is 0 Å². The van der Waals surface area contributed by atoms with E-state index in [9.17, 15) is 9.59 Å². The first-order valence-corrected chi connectivity index (χ1v) is 14.3. The van der Waals surface area contributed by atoms with E-state index in [0.717, 1.165) is 67.4 Å². The molecule has 0 spiro atoms. The number of esters is 1. The molecule has 0 amide bonds. The van der Waals surface area contributed by atoms with Gasteiger partial charge in [0, 0.05) is 54.7 Å². The van der Waals surface area contributed by atoms with Gasteiger partial charge in [-0.2, -0.15) is 0 Å². The third-order valence-corrected chi connectivity index (χ3v) is 7.38. The predicted octanol–water partition coefficient (Wildman–Crippen LogP) is 5.00. The van der Waals surface area contributed by atoms with E-state index in [2.05, 4.69) is 41.7 Å². The van der Waals surface area contributed by atoms with E-state index in [-0.39, 0.29) is 11.6 Å². The molecule has 3 atom stereocenters. The van der Waals surface area contributed by atoms with Crippen LogP contribution >= 0.6 is 15.9 Å². The van der Waals surface area contributed by atoms with Crippen molar-refractivity contribution in [3.63, 3.8) is 0 Å². The average molecular weight is 629 g/mol. The smallest absolute Gasteiger partial charge is 0.356 e. The van der Waals surface area contributed by atoms with Gasteiger partial charge in [-0.3, -0.25) is 0 Å². The minimum absolute atomic E-state index is 0.106. The zero-order valence-corrected chi connectivity index (χ0v) is 24.5. The van der Waals surface area contributed by atoms with Crippen LogP contribution in [0.3, 0.4) is 0 Å². The number of carbonyl (C=O) groups excluding carboxylic acids is 1. The number of carbonyl (C=O) groups is 2. The molecule has 3 aromatic heterocycles. The molecule has 3 aromatic rings. The lowest BCUT2D eigenvalue weighted by atomic mass is 10.0. The maximum absolute atomic E-state index is 11.3. The fourth-order valence-electron chi connectivity index (χ4n) is 4.65. The number of nitrogens with zero attached hydrogens (tertiary/aromatic N) is 3. The first kappa shape index (κ1) is 30.7. The SMILES string of the molecule is Brc1cccc(C2CCOC2)n1.COC(=O)c1cccc(C2CCOC2)n1.O=C(O)c1cccc(C2CCOC2)n1. The summed E-state index contributed by atoms with van der Waals surface area (Å²) in [7, 11) is 1.36. The van der Waals surface area contributed by atoms with Gasteiger partial charge in [-0.1, -0.05) is 18.2 Å². The highest BCUT2D eigenvalue weighted by Gasteiger charge is 2.21. The number of aromatic nitrogens is 3. The average Bonchev–Trinajstić information content (AvgIpc) is 3.82. The maximum Gasteiger partial charge on any atom is 0.356 e. The molecule has 0 saturated carbocycles. The van der Waals surface area contributed by atoms with Crippen LogP contribution in [-0.4, -0.2) is 78.7 Å². The number of rotatable bonds is 5. The van der Waals surface area contributed by atoms with Crippen LogP contribution < -0.4 is 0 Å². The van der Waals surface area contributed by atoms with Gasteiger partial charge < -0.3 is 24.1 Å². The van der Waals surface area contributed by atoms with Crippen LogP contribution in [0.4, 0.5) is 0 Å². The van der Waals surface area contributed by atoms with Crippen LogP contribution in [0, 0.1) is 0 Å². The van der Waals surface area contributed by atoms with Gasteiger partial charge in [0.15, 0.2) is 0 Å². The van der Waals surface area contributed by atoms with Gasteiger partial charge in [0.25, 0.3) is 0 Å². The van der Waals surface area contributed by atoms with Crippen molar-refractivity contribution in [1.82, 2.24) is 15.0 Å². The first-order valence-electron chi connectivity index (χ1n) is 13.6. The number of methoxy groups -OCH3 is 1. The topological polar surface area (TPSA) is 130 Å². The van der Waals surface area contributed by atoms with Crippen molar-refractivity contribution in [1.29, 1.82) is 0 Å². The Balaban J connectivity index is 0.000000142. The number of aromatic carboxylic acids is 1. The van der Waals surface area contributed by atoms with Crippen molar-refractivity contribution in [2.75, 3.05) is 46.8 Å². The van der Waals surface area contributed by atoms with Gasteiger partial charge in [-0.05, 0) is 71.6 Å². The third-order valence-electron chi connectivity index (χ3n) is 6.94. The van der Waals surface area contributed by atoms with Crippen molar-refractivity contribution < 1.29 is 33.6 Å². The summed E-state index contributed by atoms with van der Waals surface area (Å²) in [6, 6.07) is 16.5. The van der Waals surface area contributed by atoms with Crippen molar-refractivity contribution in [3.8, 4) is 0 Å². The molecule has 0 aromatic carbocycles. The Morgan fingerprint density at radius 2 is 1.17 bits per heavy atom. The van der Waals surface area contributed by atoms with Gasteiger partial charge in [0.2, 0.25) is 0 Å². The summed E-state index contributed by atoms with van der Waals surface area (Å²) in [5, 5.41) is 8.76. The number of pyridine rings is 3. The van der Waals surface area contributed by atoms with E-state index in [1.165, 1.54) is 13.2 Å². The second-order valence-corrected chi connectivity index (χ2v) is 10.6. The third kappa shape index (κ3) is 9.12. The quantitative estimate of drug-likeness (QED) is 0.304. The molecule has 0 aliphatic carbocycles. The van der Waals surface area contributed by atoms with Crippen LogP contribution in [0.1, 0.15) is 75.1 Å². The molecule has 3 fully saturated rings. The van der Waals surface area contributed by atoms with Gasteiger partial charge >= 0.3 is 11.9 Å². The minimum atomic E-state index is -0.981. The molecule has 0 bridgehead atoms. The fourth-order valence-corrected chi connectivity index (χ4v) is 5.01. The number of hydrogen-bond acceptors (Lipinski definition) is 9. The monoisotopic (exact) mass is 627 g/mol. The van der Waals surface area contributed by atoms with Crippen molar-refractivity contribution in [2.24, 2.45) is 0 Å². The van der Waals surface area contributed by atoms with E-state index in [1.54, 1.807) is 12.1 Å². The Bertz CT molecular complexity index is 1290. The van der Waals surface area contributed by atoms with E-state index < -0.39 is 11.9 Å². The zero-order chi connectivity index (χ0) is 29.0.